The number of nitrogens with zero attached hydrogens (tertiary/aromatic N) is 2. The summed E-state index contributed by atoms with van der Waals surface area (Å²) < 4.78 is 5.92. The van der Waals surface area contributed by atoms with Gasteiger partial charge in [0.25, 0.3) is 0 Å². The molecule has 0 aromatic heterocycles. The van der Waals surface area contributed by atoms with E-state index >= 15 is 0 Å². The Morgan fingerprint density at radius 1 is 1.28 bits per heavy atom. The molecule has 2 aliphatic rings. The Hall–Kier alpha value is -0.160. The number of hydrogen-bond donors (Lipinski definition) is 1. The van der Waals surface area contributed by atoms with E-state index in [0.29, 0.717) is 6.10 Å². The molecule has 2 rings (SSSR count). The minimum atomic E-state index is 0.232. The van der Waals surface area contributed by atoms with E-state index in [-0.39, 0.29) is 5.54 Å². The van der Waals surface area contributed by atoms with Crippen molar-refractivity contribution in [3.05, 3.63) is 0 Å². The SMILES string of the molecule is CCN1CCOC(CN2CCCNC(C)(C)C2)C1. The molecule has 0 aliphatic carbocycles. The van der Waals surface area contributed by atoms with Crippen molar-refractivity contribution in [2.45, 2.75) is 38.8 Å². The summed E-state index contributed by atoms with van der Waals surface area (Å²) in [6.07, 6.45) is 1.64. The van der Waals surface area contributed by atoms with Crippen molar-refractivity contribution >= 4 is 0 Å². The molecule has 0 aromatic rings. The Labute approximate surface area is 112 Å². The largest absolute Gasteiger partial charge is 0.374 e. The lowest BCUT2D eigenvalue weighted by atomic mass is 10.1. The molecule has 0 amide bonds. The first kappa shape index (κ1) is 14.3. The fraction of sp³-hybridized carbons (Fsp3) is 1.00. The highest BCUT2D eigenvalue weighted by Gasteiger charge is 2.27. The number of hydrogen-bond acceptors (Lipinski definition) is 4. The molecule has 2 fully saturated rings. The zero-order valence-corrected chi connectivity index (χ0v) is 12.2. The fourth-order valence-electron chi connectivity index (χ4n) is 3.05. The van der Waals surface area contributed by atoms with Gasteiger partial charge in [-0.1, -0.05) is 6.92 Å². The Morgan fingerprint density at radius 3 is 2.89 bits per heavy atom. The van der Waals surface area contributed by atoms with Crippen LogP contribution >= 0.6 is 0 Å². The molecule has 2 aliphatic heterocycles. The zero-order chi connectivity index (χ0) is 13.0. The highest BCUT2D eigenvalue weighted by atomic mass is 16.5. The number of ether oxygens (including phenoxy) is 1. The Bertz CT molecular complexity index is 257. The van der Waals surface area contributed by atoms with Gasteiger partial charge in [0.05, 0.1) is 12.7 Å². The average molecular weight is 255 g/mol. The molecule has 0 aromatic carbocycles. The van der Waals surface area contributed by atoms with Crippen LogP contribution < -0.4 is 5.32 Å². The molecule has 1 atom stereocenters. The van der Waals surface area contributed by atoms with E-state index in [1.807, 2.05) is 0 Å². The van der Waals surface area contributed by atoms with Gasteiger partial charge in [-0.05, 0) is 39.9 Å². The summed E-state index contributed by atoms with van der Waals surface area (Å²) in [5.74, 6) is 0. The second-order valence-corrected chi connectivity index (χ2v) is 6.29. The topological polar surface area (TPSA) is 27.7 Å². The molecule has 2 heterocycles. The smallest absolute Gasteiger partial charge is 0.0829 e. The van der Waals surface area contributed by atoms with E-state index in [1.165, 1.54) is 13.0 Å². The first-order valence-corrected chi connectivity index (χ1v) is 7.40. The molecule has 0 saturated carbocycles. The van der Waals surface area contributed by atoms with Crippen molar-refractivity contribution in [2.75, 3.05) is 52.4 Å². The van der Waals surface area contributed by atoms with Crippen LogP contribution in [0.3, 0.4) is 0 Å². The summed E-state index contributed by atoms with van der Waals surface area (Å²) >= 11 is 0. The van der Waals surface area contributed by atoms with Gasteiger partial charge in [-0.3, -0.25) is 9.80 Å². The summed E-state index contributed by atoms with van der Waals surface area (Å²) in [6, 6.07) is 0. The van der Waals surface area contributed by atoms with Gasteiger partial charge in [-0.2, -0.15) is 0 Å². The monoisotopic (exact) mass is 255 g/mol. The molecule has 18 heavy (non-hydrogen) atoms. The summed E-state index contributed by atoms with van der Waals surface area (Å²) in [7, 11) is 0. The van der Waals surface area contributed by atoms with Gasteiger partial charge in [0.2, 0.25) is 0 Å². The van der Waals surface area contributed by atoms with Gasteiger partial charge in [0, 0.05) is 31.7 Å². The van der Waals surface area contributed by atoms with Gasteiger partial charge in [-0.15, -0.1) is 0 Å². The number of morpholine rings is 1. The Morgan fingerprint density at radius 2 is 2.11 bits per heavy atom. The highest BCUT2D eigenvalue weighted by Crippen LogP contribution is 2.13. The van der Waals surface area contributed by atoms with Gasteiger partial charge in [-0.25, -0.2) is 0 Å². The van der Waals surface area contributed by atoms with Gasteiger partial charge < -0.3 is 10.1 Å². The van der Waals surface area contributed by atoms with Crippen LogP contribution in [0.25, 0.3) is 0 Å². The van der Waals surface area contributed by atoms with E-state index in [4.69, 9.17) is 4.74 Å². The third-order valence-corrected chi connectivity index (χ3v) is 4.01. The van der Waals surface area contributed by atoms with E-state index in [9.17, 15) is 0 Å². The molecule has 0 spiro atoms. The number of nitrogens with one attached hydrogen (secondary N) is 1. The summed E-state index contributed by atoms with van der Waals surface area (Å²) in [4.78, 5) is 5.07. The average Bonchev–Trinajstić information content (AvgIpc) is 2.50. The minimum absolute atomic E-state index is 0.232. The lowest BCUT2D eigenvalue weighted by Gasteiger charge is -2.36. The van der Waals surface area contributed by atoms with Crippen molar-refractivity contribution in [1.29, 1.82) is 0 Å². The van der Waals surface area contributed by atoms with Crippen LogP contribution in [0.1, 0.15) is 27.2 Å². The third kappa shape index (κ3) is 4.19. The number of rotatable bonds is 3. The Balaban J connectivity index is 1.84. The molecule has 2 saturated heterocycles. The summed E-state index contributed by atoms with van der Waals surface area (Å²) in [5, 5.41) is 3.62. The maximum absolute atomic E-state index is 5.92. The second-order valence-electron chi connectivity index (χ2n) is 6.29. The molecule has 0 radical (unpaired) electrons. The number of likely N-dealkylation sites (N-methyl/N-ethyl adjacent to an activating group) is 1. The predicted molar refractivity (Wildman–Crippen MR) is 75.0 cm³/mol. The maximum atomic E-state index is 5.92. The van der Waals surface area contributed by atoms with Gasteiger partial charge >= 0.3 is 0 Å². The van der Waals surface area contributed by atoms with Gasteiger partial charge in [0.1, 0.15) is 0 Å². The molecule has 0 bridgehead atoms. The minimum Gasteiger partial charge on any atom is -0.374 e. The lowest BCUT2D eigenvalue weighted by Crippen LogP contribution is -2.51. The zero-order valence-electron chi connectivity index (χ0n) is 12.2. The van der Waals surface area contributed by atoms with Crippen molar-refractivity contribution in [3.8, 4) is 0 Å². The molecular weight excluding hydrogens is 226 g/mol. The molecular formula is C14H29N3O. The lowest BCUT2D eigenvalue weighted by molar-refractivity contribution is -0.0429. The van der Waals surface area contributed by atoms with Crippen LogP contribution in [0.4, 0.5) is 0 Å². The molecule has 4 nitrogen and oxygen atoms in total. The second kappa shape index (κ2) is 6.33. The molecule has 106 valence electrons. The molecule has 1 unspecified atom stereocenters. The van der Waals surface area contributed by atoms with Crippen LogP contribution in [0.15, 0.2) is 0 Å². The van der Waals surface area contributed by atoms with Crippen molar-refractivity contribution < 1.29 is 4.74 Å². The maximum Gasteiger partial charge on any atom is 0.0829 e. The first-order valence-electron chi connectivity index (χ1n) is 7.40. The standard InChI is InChI=1S/C14H29N3O/c1-4-16-8-9-18-13(10-16)11-17-7-5-6-15-14(2,3)12-17/h13,15H,4-12H2,1-3H3. The van der Waals surface area contributed by atoms with E-state index < -0.39 is 0 Å². The van der Waals surface area contributed by atoms with Crippen molar-refractivity contribution in [2.24, 2.45) is 0 Å². The normalized spacial score (nSPS) is 31.2. The molecule has 4 heteroatoms. The van der Waals surface area contributed by atoms with E-state index in [0.717, 1.165) is 45.9 Å². The predicted octanol–water partition coefficient (Wildman–Crippen LogP) is 0.781. The quantitative estimate of drug-likeness (QED) is 0.806. The highest BCUT2D eigenvalue weighted by molar-refractivity contribution is 4.86. The van der Waals surface area contributed by atoms with Gasteiger partial charge in [0.15, 0.2) is 0 Å². The van der Waals surface area contributed by atoms with Crippen molar-refractivity contribution in [1.82, 2.24) is 15.1 Å². The molecule has 1 N–H and O–H groups in total. The van der Waals surface area contributed by atoms with E-state index in [1.54, 1.807) is 0 Å². The fourth-order valence-corrected chi connectivity index (χ4v) is 3.05. The van der Waals surface area contributed by atoms with Crippen LogP contribution in [0.5, 0.6) is 0 Å². The van der Waals surface area contributed by atoms with Crippen LogP contribution in [-0.2, 0) is 4.74 Å². The van der Waals surface area contributed by atoms with Crippen LogP contribution in [0, 0.1) is 0 Å². The third-order valence-electron chi connectivity index (χ3n) is 4.01. The first-order chi connectivity index (χ1) is 8.59. The van der Waals surface area contributed by atoms with Crippen LogP contribution in [-0.4, -0.2) is 73.9 Å². The van der Waals surface area contributed by atoms with Crippen molar-refractivity contribution in [3.63, 3.8) is 0 Å². The Kier molecular flexibility index (Phi) is 5.01. The summed E-state index contributed by atoms with van der Waals surface area (Å²) in [5.41, 5.74) is 0.232. The van der Waals surface area contributed by atoms with Crippen LogP contribution in [0.2, 0.25) is 0 Å². The summed E-state index contributed by atoms with van der Waals surface area (Å²) in [6.45, 7) is 15.6. The van der Waals surface area contributed by atoms with E-state index in [2.05, 4.69) is 35.9 Å².